The first-order valence-electron chi connectivity index (χ1n) is 15.3. The van der Waals surface area contributed by atoms with Crippen LogP contribution >= 0.6 is 11.3 Å². The van der Waals surface area contributed by atoms with Crippen LogP contribution in [-0.2, 0) is 4.74 Å². The summed E-state index contributed by atoms with van der Waals surface area (Å²) in [5.74, 6) is -0.325. The average Bonchev–Trinajstić information content (AvgIpc) is 3.66. The first kappa shape index (κ1) is 27.8. The minimum atomic E-state index is -0.325. The number of pyridine rings is 1. The molecule has 3 heterocycles. The highest BCUT2D eigenvalue weighted by molar-refractivity contribution is 7.13. The molecule has 46 heavy (non-hydrogen) atoms. The summed E-state index contributed by atoms with van der Waals surface area (Å²) in [6, 6.07) is 47.9. The van der Waals surface area contributed by atoms with Gasteiger partial charge in [0, 0.05) is 27.1 Å². The van der Waals surface area contributed by atoms with Gasteiger partial charge in [0.25, 0.3) is 0 Å². The number of aromatic nitrogens is 1. The van der Waals surface area contributed by atoms with Crippen molar-refractivity contribution in [2.24, 2.45) is 0 Å². The Labute approximate surface area is 271 Å². The maximum Gasteiger partial charge on any atom is 0.338 e. The van der Waals surface area contributed by atoms with Crippen LogP contribution in [-0.4, -0.2) is 17.6 Å². The Kier molecular flexibility index (Phi) is 7.04. The number of ether oxygens (including phenoxy) is 1. The van der Waals surface area contributed by atoms with E-state index >= 15 is 0 Å². The Morgan fingerprint density at radius 3 is 1.93 bits per heavy atom. The summed E-state index contributed by atoms with van der Waals surface area (Å²) >= 11 is 1.71. The molecule has 1 aliphatic heterocycles. The molecule has 0 aliphatic carbocycles. The van der Waals surface area contributed by atoms with Gasteiger partial charge in [-0.15, -0.1) is 11.3 Å². The van der Waals surface area contributed by atoms with Crippen molar-refractivity contribution in [1.82, 2.24) is 4.98 Å². The van der Waals surface area contributed by atoms with Crippen LogP contribution in [0.2, 0.25) is 0 Å². The Morgan fingerprint density at radius 2 is 1.30 bits per heavy atom. The summed E-state index contributed by atoms with van der Waals surface area (Å²) in [6.07, 6.45) is 0. The summed E-state index contributed by atoms with van der Waals surface area (Å²) in [7, 11) is 0. The number of thiophene rings is 1. The lowest BCUT2D eigenvalue weighted by Gasteiger charge is -2.40. The molecule has 0 saturated heterocycles. The van der Waals surface area contributed by atoms with Gasteiger partial charge < -0.3 is 14.5 Å². The van der Waals surface area contributed by atoms with E-state index in [0.717, 1.165) is 61.8 Å². The second-order valence-electron chi connectivity index (χ2n) is 11.0. The molecule has 5 aromatic carbocycles. The first-order valence-corrected chi connectivity index (χ1v) is 16.2. The molecule has 7 aromatic rings. The Hall–Kier alpha value is -5.72. The molecule has 0 saturated carbocycles. The van der Waals surface area contributed by atoms with Gasteiger partial charge in [-0.05, 0) is 79.0 Å². The lowest BCUT2D eigenvalue weighted by molar-refractivity contribution is 0.0526. The van der Waals surface area contributed by atoms with Crippen LogP contribution in [0.25, 0.3) is 32.6 Å². The van der Waals surface area contributed by atoms with Crippen molar-refractivity contribution < 1.29 is 9.53 Å². The van der Waals surface area contributed by atoms with Crippen LogP contribution in [0.1, 0.15) is 17.3 Å². The van der Waals surface area contributed by atoms with Gasteiger partial charge in [0.05, 0.1) is 51.8 Å². The maximum atomic E-state index is 12.4. The van der Waals surface area contributed by atoms with E-state index in [-0.39, 0.29) is 5.97 Å². The van der Waals surface area contributed by atoms with Crippen molar-refractivity contribution in [1.29, 1.82) is 0 Å². The van der Waals surface area contributed by atoms with Crippen molar-refractivity contribution in [2.75, 3.05) is 16.4 Å². The summed E-state index contributed by atoms with van der Waals surface area (Å²) in [4.78, 5) is 23.6. The quantitative estimate of drug-likeness (QED) is 0.174. The molecule has 0 N–H and O–H groups in total. The number of hydrogen-bond donors (Lipinski definition) is 0. The predicted molar refractivity (Wildman–Crippen MR) is 189 cm³/mol. The van der Waals surface area contributed by atoms with Gasteiger partial charge in [-0.25, -0.2) is 9.78 Å². The summed E-state index contributed by atoms with van der Waals surface area (Å²) < 4.78 is 5.21. The largest absolute Gasteiger partial charge is 0.462 e. The molecule has 0 atom stereocenters. The number of carbonyl (C=O) groups excluding carboxylic acids is 1. The fraction of sp³-hybridized carbons (Fsp3) is 0.0500. The molecule has 8 rings (SSSR count). The van der Waals surface area contributed by atoms with E-state index in [0.29, 0.717) is 12.2 Å². The van der Waals surface area contributed by atoms with Crippen molar-refractivity contribution in [2.45, 2.75) is 6.92 Å². The number of carbonyl (C=O) groups is 1. The molecule has 0 amide bonds. The van der Waals surface area contributed by atoms with Crippen molar-refractivity contribution in [3.63, 3.8) is 0 Å². The molecule has 6 heteroatoms. The second kappa shape index (κ2) is 11.7. The molecule has 222 valence electrons. The highest BCUT2D eigenvalue weighted by atomic mass is 32.1. The summed E-state index contributed by atoms with van der Waals surface area (Å²) in [5, 5.41) is 3.18. The van der Waals surface area contributed by atoms with Gasteiger partial charge in [-0.1, -0.05) is 72.8 Å². The molecule has 5 nitrogen and oxygen atoms in total. The molecule has 0 unspecified atom stereocenters. The van der Waals surface area contributed by atoms with Gasteiger partial charge >= 0.3 is 5.97 Å². The lowest BCUT2D eigenvalue weighted by Crippen LogP contribution is -2.24. The van der Waals surface area contributed by atoms with E-state index in [1.807, 2.05) is 37.3 Å². The number of esters is 1. The number of anilines is 6. The Bertz CT molecular complexity index is 2150. The van der Waals surface area contributed by atoms with Gasteiger partial charge in [0.15, 0.2) is 0 Å². The van der Waals surface area contributed by atoms with E-state index in [1.54, 1.807) is 11.3 Å². The number of benzene rings is 5. The lowest BCUT2D eigenvalue weighted by atomic mass is 9.99. The topological polar surface area (TPSA) is 45.7 Å². The zero-order valence-electron chi connectivity index (χ0n) is 25.1. The summed E-state index contributed by atoms with van der Waals surface area (Å²) in [6.45, 7) is 2.15. The second-order valence-corrected chi connectivity index (χ2v) is 11.9. The third kappa shape index (κ3) is 4.71. The Morgan fingerprint density at radius 1 is 0.674 bits per heavy atom. The highest BCUT2D eigenvalue weighted by Crippen LogP contribution is 2.55. The number of hydrogen-bond acceptors (Lipinski definition) is 6. The van der Waals surface area contributed by atoms with Crippen LogP contribution in [0.15, 0.2) is 145 Å². The number of fused-ring (bicyclic) bond motifs is 3. The minimum absolute atomic E-state index is 0.325. The molecule has 1 aliphatic rings. The number of para-hydroxylation sites is 6. The monoisotopic (exact) mass is 615 g/mol. The normalized spacial score (nSPS) is 12.1. The first-order chi connectivity index (χ1) is 22.7. The number of rotatable bonds is 6. The zero-order chi connectivity index (χ0) is 31.0. The zero-order valence-corrected chi connectivity index (χ0v) is 25.9. The van der Waals surface area contributed by atoms with Crippen molar-refractivity contribution >= 4 is 62.3 Å². The van der Waals surface area contributed by atoms with E-state index < -0.39 is 0 Å². The SMILES string of the molecule is CCOC(=O)c1ccc(-c2cc(-c3cccs3)c3cccc(N4c5ccccc5N(c5ccccc5)c5ccccc54)c3n2)cc1. The number of nitrogens with zero attached hydrogens (tertiary/aromatic N) is 3. The molecular weight excluding hydrogens is 587 g/mol. The van der Waals surface area contributed by atoms with Crippen LogP contribution < -0.4 is 9.80 Å². The van der Waals surface area contributed by atoms with Crippen LogP contribution in [0.5, 0.6) is 0 Å². The molecule has 0 fully saturated rings. The van der Waals surface area contributed by atoms with Gasteiger partial charge in [-0.2, -0.15) is 0 Å². The smallest absolute Gasteiger partial charge is 0.338 e. The molecular formula is C40H29N3O2S. The fourth-order valence-electron chi connectivity index (χ4n) is 6.25. The minimum Gasteiger partial charge on any atom is -0.462 e. The van der Waals surface area contributed by atoms with Crippen LogP contribution in [0, 0.1) is 0 Å². The van der Waals surface area contributed by atoms with E-state index in [2.05, 4.69) is 124 Å². The van der Waals surface area contributed by atoms with Gasteiger partial charge in [0.2, 0.25) is 0 Å². The predicted octanol–water partition coefficient (Wildman–Crippen LogP) is 11.1. The maximum absolute atomic E-state index is 12.4. The molecule has 0 radical (unpaired) electrons. The average molecular weight is 616 g/mol. The fourth-order valence-corrected chi connectivity index (χ4v) is 7.00. The third-order valence-corrected chi connectivity index (χ3v) is 9.18. The van der Waals surface area contributed by atoms with Crippen molar-refractivity contribution in [3.05, 3.63) is 150 Å². The summed E-state index contributed by atoms with van der Waals surface area (Å²) in [5.41, 5.74) is 10.7. The van der Waals surface area contributed by atoms with Gasteiger partial charge in [-0.3, -0.25) is 0 Å². The molecule has 0 spiro atoms. The standard InChI is InChI=1S/C40H29N3O2S/c1-2-45-40(44)28-23-21-27(22-24-28)32-26-31(38-20-11-25-46-38)30-14-10-19-37(39(30)41-32)43-35-17-8-6-15-33(35)42(29-12-4-3-5-13-29)34-16-7-9-18-36(34)43/h3-26H,2H2,1H3. The molecule has 0 bridgehead atoms. The third-order valence-electron chi connectivity index (χ3n) is 8.28. The highest BCUT2D eigenvalue weighted by Gasteiger charge is 2.31. The van der Waals surface area contributed by atoms with Crippen molar-refractivity contribution in [3.8, 4) is 21.7 Å². The van der Waals surface area contributed by atoms with E-state index in [4.69, 9.17) is 9.72 Å². The van der Waals surface area contributed by atoms with E-state index in [1.165, 1.54) is 4.88 Å². The molecule has 2 aromatic heterocycles. The Balaban J connectivity index is 1.36. The van der Waals surface area contributed by atoms with Crippen LogP contribution in [0.4, 0.5) is 34.1 Å². The van der Waals surface area contributed by atoms with Crippen LogP contribution in [0.3, 0.4) is 0 Å². The van der Waals surface area contributed by atoms with E-state index in [9.17, 15) is 4.79 Å². The van der Waals surface area contributed by atoms with Gasteiger partial charge in [0.1, 0.15) is 0 Å².